The Morgan fingerprint density at radius 2 is 1.85 bits per heavy atom. The van der Waals surface area contributed by atoms with Crippen molar-refractivity contribution in [1.29, 1.82) is 0 Å². The van der Waals surface area contributed by atoms with Crippen LogP contribution >= 0.6 is 0 Å². The molecule has 1 aliphatic rings. The molecule has 1 aromatic heterocycles. The molecular weight excluding hydrogens is 440 g/mol. The Morgan fingerprint density at radius 1 is 1.12 bits per heavy atom. The van der Waals surface area contributed by atoms with Crippen molar-refractivity contribution in [2.75, 3.05) is 45.3 Å². The predicted octanol–water partition coefficient (Wildman–Crippen LogP) is 2.18. The van der Waals surface area contributed by atoms with Crippen LogP contribution in [0, 0.1) is 0 Å². The summed E-state index contributed by atoms with van der Waals surface area (Å²) < 4.78 is 30.4. The topological polar surface area (TPSA) is 109 Å². The monoisotopic (exact) mass is 470 g/mol. The number of ether oxygens (including phenoxy) is 1. The molecule has 1 saturated heterocycles. The molecule has 9 heteroatoms. The number of nitrogens with two attached hydrogens (primary N) is 1. The first-order valence-corrected chi connectivity index (χ1v) is 12.8. The van der Waals surface area contributed by atoms with E-state index >= 15 is 0 Å². The maximum atomic E-state index is 11.7. The summed E-state index contributed by atoms with van der Waals surface area (Å²) >= 11 is 0. The highest BCUT2D eigenvalue weighted by Gasteiger charge is 2.23. The summed E-state index contributed by atoms with van der Waals surface area (Å²) in [5.74, 6) is 0.402. The van der Waals surface area contributed by atoms with Gasteiger partial charge in [-0.05, 0) is 29.3 Å². The van der Waals surface area contributed by atoms with E-state index in [1.807, 2.05) is 48.5 Å². The number of para-hydroxylation sites is 1. The Morgan fingerprint density at radius 3 is 2.55 bits per heavy atom. The molecule has 2 aromatic carbocycles. The third-order valence-electron chi connectivity index (χ3n) is 6.10. The van der Waals surface area contributed by atoms with Gasteiger partial charge in [0.1, 0.15) is 0 Å². The fraction of sp³-hybridized carbons (Fsp3) is 0.375. The number of nitrogen functional groups attached to an aromatic ring is 1. The van der Waals surface area contributed by atoms with Gasteiger partial charge in [-0.15, -0.1) is 0 Å². The minimum Gasteiger partial charge on any atom is -0.481 e. The van der Waals surface area contributed by atoms with Gasteiger partial charge in [0.2, 0.25) is 15.9 Å². The van der Waals surface area contributed by atoms with Crippen molar-refractivity contribution in [2.45, 2.75) is 19.1 Å². The summed E-state index contributed by atoms with van der Waals surface area (Å²) in [5, 5.41) is 12.0. The Bertz CT molecular complexity index is 1240. The van der Waals surface area contributed by atoms with E-state index in [0.29, 0.717) is 56.3 Å². The second-order valence-corrected chi connectivity index (χ2v) is 10.5. The van der Waals surface area contributed by atoms with Crippen LogP contribution in [0.2, 0.25) is 0 Å². The van der Waals surface area contributed by atoms with Gasteiger partial charge in [0.15, 0.2) is 0 Å². The number of sulfonamides is 1. The maximum Gasteiger partial charge on any atom is 0.219 e. The van der Waals surface area contributed by atoms with E-state index < -0.39 is 16.1 Å². The zero-order valence-electron chi connectivity index (χ0n) is 18.9. The van der Waals surface area contributed by atoms with Gasteiger partial charge in [0, 0.05) is 55.8 Å². The van der Waals surface area contributed by atoms with E-state index in [0.717, 1.165) is 22.0 Å². The third kappa shape index (κ3) is 5.44. The lowest BCUT2D eigenvalue weighted by Gasteiger charge is -2.33. The van der Waals surface area contributed by atoms with E-state index in [1.165, 1.54) is 10.6 Å². The van der Waals surface area contributed by atoms with Gasteiger partial charge in [-0.1, -0.05) is 30.3 Å². The number of aliphatic hydroxyl groups is 1. The summed E-state index contributed by atoms with van der Waals surface area (Å²) in [6, 6.07) is 15.5. The highest BCUT2D eigenvalue weighted by Crippen LogP contribution is 2.31. The molecule has 1 fully saturated rings. The molecule has 0 bridgehead atoms. The van der Waals surface area contributed by atoms with Gasteiger partial charge in [0.05, 0.1) is 25.0 Å². The molecular formula is C24H30N4O4S. The first-order valence-electron chi connectivity index (χ1n) is 10.9. The van der Waals surface area contributed by atoms with Crippen molar-refractivity contribution in [2.24, 2.45) is 0 Å². The van der Waals surface area contributed by atoms with Crippen LogP contribution in [0.15, 0.2) is 48.5 Å². The van der Waals surface area contributed by atoms with Gasteiger partial charge < -0.3 is 15.6 Å². The van der Waals surface area contributed by atoms with Crippen LogP contribution < -0.4 is 10.5 Å². The standard InChI is InChI=1S/C24H30N4O4S/c1-32-24-20(14-18-5-3-4-6-22(18)26-24)23(29)15-19-13-17(7-8-21(19)25)16-27-9-11-28(12-10-27)33(2,30)31/h3-8,13-14,23,29H,9-12,15-16,25H2,1-2H3. The van der Waals surface area contributed by atoms with E-state index in [9.17, 15) is 13.5 Å². The molecule has 0 amide bonds. The summed E-state index contributed by atoms with van der Waals surface area (Å²) in [5.41, 5.74) is 10.2. The number of aromatic nitrogens is 1. The molecule has 2 heterocycles. The summed E-state index contributed by atoms with van der Waals surface area (Å²) in [4.78, 5) is 6.76. The van der Waals surface area contributed by atoms with E-state index in [1.54, 1.807) is 7.11 Å². The highest BCUT2D eigenvalue weighted by molar-refractivity contribution is 7.88. The molecule has 8 nitrogen and oxygen atoms in total. The smallest absolute Gasteiger partial charge is 0.219 e. The second-order valence-electron chi connectivity index (χ2n) is 8.47. The van der Waals surface area contributed by atoms with Crippen molar-refractivity contribution < 1.29 is 18.3 Å². The molecule has 3 aromatic rings. The largest absolute Gasteiger partial charge is 0.481 e. The van der Waals surface area contributed by atoms with Gasteiger partial charge >= 0.3 is 0 Å². The third-order valence-corrected chi connectivity index (χ3v) is 7.40. The van der Waals surface area contributed by atoms with E-state index in [4.69, 9.17) is 10.5 Å². The van der Waals surface area contributed by atoms with Crippen molar-refractivity contribution in [3.8, 4) is 5.88 Å². The van der Waals surface area contributed by atoms with E-state index in [2.05, 4.69) is 9.88 Å². The molecule has 0 saturated carbocycles. The van der Waals surface area contributed by atoms with Crippen LogP contribution in [0.25, 0.3) is 10.9 Å². The van der Waals surface area contributed by atoms with Gasteiger partial charge in [-0.2, -0.15) is 4.31 Å². The van der Waals surface area contributed by atoms with Gasteiger partial charge in [-0.3, -0.25) is 4.90 Å². The van der Waals surface area contributed by atoms with Crippen LogP contribution in [0.4, 0.5) is 5.69 Å². The zero-order chi connectivity index (χ0) is 23.6. The van der Waals surface area contributed by atoms with Crippen LogP contribution in [0.5, 0.6) is 5.88 Å². The quantitative estimate of drug-likeness (QED) is 0.510. The summed E-state index contributed by atoms with van der Waals surface area (Å²) in [7, 11) is -1.60. The van der Waals surface area contributed by atoms with Crippen molar-refractivity contribution in [3.05, 3.63) is 65.2 Å². The van der Waals surface area contributed by atoms with Gasteiger partial charge in [-0.25, -0.2) is 13.4 Å². The number of aliphatic hydroxyl groups excluding tert-OH is 1. The molecule has 33 heavy (non-hydrogen) atoms. The SMILES string of the molecule is COc1nc2ccccc2cc1C(O)Cc1cc(CN2CCN(S(C)(=O)=O)CC2)ccc1N. The maximum absolute atomic E-state index is 11.7. The average molecular weight is 471 g/mol. The van der Waals surface area contributed by atoms with Crippen LogP contribution in [0.3, 0.4) is 0 Å². The Kier molecular flexibility index (Phi) is 6.85. The minimum absolute atomic E-state index is 0.331. The van der Waals surface area contributed by atoms with Crippen molar-refractivity contribution in [3.63, 3.8) is 0 Å². The Hall–Kier alpha value is -2.72. The minimum atomic E-state index is -3.15. The number of hydrogen-bond acceptors (Lipinski definition) is 7. The normalized spacial score (nSPS) is 16.7. The molecule has 176 valence electrons. The Labute approximate surface area is 194 Å². The fourth-order valence-electron chi connectivity index (χ4n) is 4.25. The molecule has 1 atom stereocenters. The number of nitrogens with zero attached hydrogens (tertiary/aromatic N) is 3. The summed E-state index contributed by atoms with van der Waals surface area (Å²) in [6.07, 6.45) is 0.756. The molecule has 1 unspecified atom stereocenters. The van der Waals surface area contributed by atoms with Crippen LogP contribution in [-0.2, 0) is 23.0 Å². The lowest BCUT2D eigenvalue weighted by molar-refractivity contribution is 0.173. The van der Waals surface area contributed by atoms with E-state index in [-0.39, 0.29) is 0 Å². The number of hydrogen-bond donors (Lipinski definition) is 2. The number of piperazine rings is 1. The zero-order valence-corrected chi connectivity index (χ0v) is 19.8. The van der Waals surface area contributed by atoms with Gasteiger partial charge in [0.25, 0.3) is 0 Å². The molecule has 1 aliphatic heterocycles. The predicted molar refractivity (Wildman–Crippen MR) is 130 cm³/mol. The van der Waals surface area contributed by atoms with Crippen molar-refractivity contribution >= 4 is 26.6 Å². The summed E-state index contributed by atoms with van der Waals surface area (Å²) in [6.45, 7) is 3.04. The lowest BCUT2D eigenvalue weighted by Crippen LogP contribution is -2.47. The molecule has 0 spiro atoms. The number of rotatable bonds is 7. The van der Waals surface area contributed by atoms with Crippen LogP contribution in [-0.4, -0.2) is 67.3 Å². The van der Waals surface area contributed by atoms with Crippen LogP contribution in [0.1, 0.15) is 22.8 Å². The number of fused-ring (bicyclic) bond motifs is 1. The molecule has 3 N–H and O–H groups in total. The Balaban J connectivity index is 1.49. The number of anilines is 1. The molecule has 0 radical (unpaired) electrons. The number of pyridine rings is 1. The average Bonchev–Trinajstić information content (AvgIpc) is 2.80. The number of methoxy groups -OCH3 is 1. The first-order chi connectivity index (χ1) is 15.7. The number of benzene rings is 2. The van der Waals surface area contributed by atoms with Crippen molar-refractivity contribution in [1.82, 2.24) is 14.2 Å². The lowest BCUT2D eigenvalue weighted by atomic mass is 9.98. The second kappa shape index (κ2) is 9.64. The highest BCUT2D eigenvalue weighted by atomic mass is 32.2. The molecule has 4 rings (SSSR count). The molecule has 0 aliphatic carbocycles. The first kappa shape index (κ1) is 23.4. The fourth-order valence-corrected chi connectivity index (χ4v) is 5.07.